The molecule has 0 amide bonds. The van der Waals surface area contributed by atoms with Crippen LogP contribution in [0.15, 0.2) is 24.4 Å². The minimum atomic E-state index is 0.127. The van der Waals surface area contributed by atoms with Crippen molar-refractivity contribution in [3.05, 3.63) is 41.2 Å². The van der Waals surface area contributed by atoms with Gasteiger partial charge in [0.2, 0.25) is 5.88 Å². The highest BCUT2D eigenvalue weighted by atomic mass is 16.5. The molecule has 3 aromatic rings. The molecule has 0 aromatic carbocycles. The fourth-order valence-corrected chi connectivity index (χ4v) is 3.58. The standard InChI is InChI=1S/C22H29N3O2/c1-7-15(12-26)18-11-25(5)21-17(18)10-14(4)20(24-21)16-8-9-19(13(2)3)23-22(16)27-6/h8-11,13,15,26H,7,12H2,1-6H3. The molecule has 3 aromatic heterocycles. The summed E-state index contributed by atoms with van der Waals surface area (Å²) in [6, 6.07) is 6.26. The predicted octanol–water partition coefficient (Wildman–Crippen LogP) is 4.56. The fourth-order valence-electron chi connectivity index (χ4n) is 3.58. The average molecular weight is 367 g/mol. The topological polar surface area (TPSA) is 60.2 Å². The lowest BCUT2D eigenvalue weighted by atomic mass is 9.96. The maximum absolute atomic E-state index is 9.73. The van der Waals surface area contributed by atoms with Gasteiger partial charge in [-0.15, -0.1) is 0 Å². The molecule has 0 aliphatic carbocycles. The van der Waals surface area contributed by atoms with Gasteiger partial charge in [0.05, 0.1) is 18.4 Å². The van der Waals surface area contributed by atoms with Gasteiger partial charge in [0.1, 0.15) is 5.65 Å². The van der Waals surface area contributed by atoms with Crippen LogP contribution in [-0.4, -0.2) is 33.4 Å². The Hall–Kier alpha value is -2.40. The molecule has 0 aliphatic heterocycles. The Bertz CT molecular complexity index is 956. The van der Waals surface area contributed by atoms with Crippen molar-refractivity contribution in [2.24, 2.45) is 7.05 Å². The molecule has 0 fully saturated rings. The van der Waals surface area contributed by atoms with E-state index in [1.807, 2.05) is 17.7 Å². The van der Waals surface area contributed by atoms with Crippen LogP contribution in [0.25, 0.3) is 22.3 Å². The molecule has 5 heteroatoms. The van der Waals surface area contributed by atoms with Gasteiger partial charge in [-0.1, -0.05) is 20.8 Å². The molecule has 3 rings (SSSR count). The zero-order valence-corrected chi connectivity index (χ0v) is 17.1. The van der Waals surface area contributed by atoms with Crippen molar-refractivity contribution in [1.29, 1.82) is 0 Å². The number of rotatable bonds is 6. The van der Waals surface area contributed by atoms with Crippen molar-refractivity contribution >= 4 is 11.0 Å². The molecule has 1 atom stereocenters. The fraction of sp³-hybridized carbons (Fsp3) is 0.455. The molecule has 1 N–H and O–H groups in total. The second-order valence-corrected chi connectivity index (χ2v) is 7.46. The van der Waals surface area contributed by atoms with E-state index < -0.39 is 0 Å². The van der Waals surface area contributed by atoms with Gasteiger partial charge in [-0.25, -0.2) is 9.97 Å². The monoisotopic (exact) mass is 367 g/mol. The molecular formula is C22H29N3O2. The Kier molecular flexibility index (Phi) is 5.51. The summed E-state index contributed by atoms with van der Waals surface area (Å²) in [7, 11) is 3.65. The summed E-state index contributed by atoms with van der Waals surface area (Å²) < 4.78 is 7.61. The molecule has 5 nitrogen and oxygen atoms in total. The molecule has 27 heavy (non-hydrogen) atoms. The average Bonchev–Trinajstić information content (AvgIpc) is 2.97. The number of fused-ring (bicyclic) bond motifs is 1. The van der Waals surface area contributed by atoms with Gasteiger partial charge in [-0.05, 0) is 48.6 Å². The molecule has 0 saturated carbocycles. The number of aliphatic hydroxyl groups excluding tert-OH is 1. The first-order valence-corrected chi connectivity index (χ1v) is 9.53. The van der Waals surface area contributed by atoms with Gasteiger partial charge in [0.15, 0.2) is 0 Å². The zero-order chi connectivity index (χ0) is 19.7. The van der Waals surface area contributed by atoms with E-state index in [0.29, 0.717) is 11.8 Å². The molecule has 3 heterocycles. The molecule has 0 saturated heterocycles. The number of aryl methyl sites for hydroxylation is 2. The molecule has 1 unspecified atom stereocenters. The van der Waals surface area contributed by atoms with E-state index in [-0.39, 0.29) is 12.5 Å². The molecule has 0 aliphatic rings. The number of nitrogens with zero attached hydrogens (tertiary/aromatic N) is 3. The number of hydrogen-bond acceptors (Lipinski definition) is 4. The third-order valence-corrected chi connectivity index (χ3v) is 5.25. The SMILES string of the molecule is CCC(CO)c1cn(C)c2nc(-c3ccc(C(C)C)nc3OC)c(C)cc12. The van der Waals surface area contributed by atoms with E-state index >= 15 is 0 Å². The smallest absolute Gasteiger partial charge is 0.222 e. The van der Waals surface area contributed by atoms with Crippen molar-refractivity contribution in [3.63, 3.8) is 0 Å². The Morgan fingerprint density at radius 3 is 2.56 bits per heavy atom. The summed E-state index contributed by atoms with van der Waals surface area (Å²) in [5.74, 6) is 1.07. The van der Waals surface area contributed by atoms with E-state index in [1.54, 1.807) is 7.11 Å². The summed E-state index contributed by atoms with van der Waals surface area (Å²) in [5.41, 5.74) is 5.92. The Morgan fingerprint density at radius 1 is 1.22 bits per heavy atom. The highest BCUT2D eigenvalue weighted by Gasteiger charge is 2.20. The van der Waals surface area contributed by atoms with Crippen molar-refractivity contribution in [3.8, 4) is 17.1 Å². The van der Waals surface area contributed by atoms with Crippen LogP contribution in [0.4, 0.5) is 0 Å². The highest BCUT2D eigenvalue weighted by molar-refractivity contribution is 5.86. The third kappa shape index (κ3) is 3.44. The second-order valence-electron chi connectivity index (χ2n) is 7.46. The maximum Gasteiger partial charge on any atom is 0.222 e. The van der Waals surface area contributed by atoms with Crippen molar-refractivity contribution in [2.75, 3.05) is 13.7 Å². The molecule has 0 spiro atoms. The van der Waals surface area contributed by atoms with Crippen LogP contribution in [0.2, 0.25) is 0 Å². The van der Waals surface area contributed by atoms with Gasteiger partial charge in [0, 0.05) is 36.8 Å². The minimum Gasteiger partial charge on any atom is -0.480 e. The molecule has 144 valence electrons. The van der Waals surface area contributed by atoms with Crippen molar-refractivity contribution < 1.29 is 9.84 Å². The first-order valence-electron chi connectivity index (χ1n) is 9.53. The minimum absolute atomic E-state index is 0.127. The predicted molar refractivity (Wildman–Crippen MR) is 109 cm³/mol. The molecule has 0 radical (unpaired) electrons. The largest absolute Gasteiger partial charge is 0.480 e. The van der Waals surface area contributed by atoms with Gasteiger partial charge in [-0.3, -0.25) is 0 Å². The van der Waals surface area contributed by atoms with Crippen LogP contribution in [0.3, 0.4) is 0 Å². The quantitative estimate of drug-likeness (QED) is 0.694. The lowest BCUT2D eigenvalue weighted by Gasteiger charge is -2.14. The van der Waals surface area contributed by atoms with Crippen molar-refractivity contribution in [2.45, 2.75) is 46.0 Å². The second kappa shape index (κ2) is 7.69. The van der Waals surface area contributed by atoms with Crippen LogP contribution in [0.5, 0.6) is 5.88 Å². The summed E-state index contributed by atoms with van der Waals surface area (Å²) >= 11 is 0. The highest BCUT2D eigenvalue weighted by Crippen LogP contribution is 2.35. The van der Waals surface area contributed by atoms with Crippen LogP contribution >= 0.6 is 0 Å². The van der Waals surface area contributed by atoms with E-state index in [9.17, 15) is 5.11 Å². The number of pyridine rings is 2. The lowest BCUT2D eigenvalue weighted by molar-refractivity contribution is 0.263. The summed E-state index contributed by atoms with van der Waals surface area (Å²) in [5, 5.41) is 10.8. The van der Waals surface area contributed by atoms with Gasteiger partial charge >= 0.3 is 0 Å². The molecule has 0 bridgehead atoms. The van der Waals surface area contributed by atoms with E-state index in [4.69, 9.17) is 9.72 Å². The van der Waals surface area contributed by atoms with Gasteiger partial charge in [-0.2, -0.15) is 0 Å². The normalized spacial score (nSPS) is 12.7. The number of ether oxygens (including phenoxy) is 1. The van der Waals surface area contributed by atoms with Crippen LogP contribution in [0, 0.1) is 6.92 Å². The van der Waals surface area contributed by atoms with E-state index in [1.165, 1.54) is 0 Å². The number of aromatic nitrogens is 3. The van der Waals surface area contributed by atoms with Crippen LogP contribution < -0.4 is 4.74 Å². The molecular weight excluding hydrogens is 338 g/mol. The van der Waals surface area contributed by atoms with Gasteiger partial charge in [0.25, 0.3) is 0 Å². The zero-order valence-electron chi connectivity index (χ0n) is 17.1. The summed E-state index contributed by atoms with van der Waals surface area (Å²) in [4.78, 5) is 9.63. The first kappa shape index (κ1) is 19.4. The summed E-state index contributed by atoms with van der Waals surface area (Å²) in [6.07, 6.45) is 2.98. The number of methoxy groups -OCH3 is 1. The van der Waals surface area contributed by atoms with Gasteiger partial charge < -0.3 is 14.4 Å². The Labute approximate surface area is 161 Å². The Morgan fingerprint density at radius 2 is 1.96 bits per heavy atom. The van der Waals surface area contributed by atoms with Crippen LogP contribution in [0.1, 0.15) is 55.8 Å². The number of hydrogen-bond donors (Lipinski definition) is 1. The van der Waals surface area contributed by atoms with Crippen molar-refractivity contribution in [1.82, 2.24) is 14.5 Å². The summed E-state index contributed by atoms with van der Waals surface area (Å²) in [6.45, 7) is 8.54. The first-order chi connectivity index (χ1) is 12.9. The Balaban J connectivity index is 2.20. The van der Waals surface area contributed by atoms with Crippen LogP contribution in [-0.2, 0) is 7.05 Å². The van der Waals surface area contributed by atoms with E-state index in [0.717, 1.165) is 45.5 Å². The lowest BCUT2D eigenvalue weighted by Crippen LogP contribution is -2.02. The van der Waals surface area contributed by atoms with E-state index in [2.05, 4.69) is 51.0 Å². The maximum atomic E-state index is 9.73. The third-order valence-electron chi connectivity index (χ3n) is 5.25. The number of aliphatic hydroxyl groups is 1.